The number of nitrogens with one attached hydrogen (secondary N) is 1. The molecule has 5 heteroatoms. The Hall–Kier alpha value is -2.17. The van der Waals surface area contributed by atoms with Gasteiger partial charge in [0.15, 0.2) is 0 Å². The molecule has 0 aromatic carbocycles. The van der Waals surface area contributed by atoms with E-state index in [0.717, 1.165) is 31.0 Å². The van der Waals surface area contributed by atoms with Crippen molar-refractivity contribution in [2.24, 2.45) is 0 Å². The van der Waals surface area contributed by atoms with Crippen LogP contribution in [0.25, 0.3) is 0 Å². The number of amides is 1. The highest BCUT2D eigenvalue weighted by Crippen LogP contribution is 2.19. The van der Waals surface area contributed by atoms with Crippen molar-refractivity contribution in [1.29, 1.82) is 0 Å². The molecule has 0 spiro atoms. The van der Waals surface area contributed by atoms with Crippen LogP contribution in [0, 0.1) is 0 Å². The van der Waals surface area contributed by atoms with Crippen LogP contribution in [0.5, 0.6) is 0 Å². The Balaban J connectivity index is 1.81. The van der Waals surface area contributed by atoms with Crippen LogP contribution in [-0.4, -0.2) is 20.4 Å². The first-order valence-electron chi connectivity index (χ1n) is 6.10. The molecular formula is C13H14N4O. The molecule has 0 unspecified atom stereocenters. The molecule has 5 nitrogen and oxygen atoms in total. The molecule has 3 rings (SSSR count). The smallest absolute Gasteiger partial charge is 0.256 e. The van der Waals surface area contributed by atoms with Gasteiger partial charge in [0.25, 0.3) is 5.91 Å². The molecule has 2 aromatic heterocycles. The SMILES string of the molecule is O=C(Nc1cnc2n1CCCC2)c1ccncc1. The molecule has 0 bridgehead atoms. The van der Waals surface area contributed by atoms with Crippen LogP contribution in [0.3, 0.4) is 0 Å². The third-order valence-corrected chi connectivity index (χ3v) is 3.15. The molecule has 3 heterocycles. The number of aryl methyl sites for hydroxylation is 1. The maximum absolute atomic E-state index is 12.0. The molecule has 1 aliphatic heterocycles. The maximum atomic E-state index is 12.0. The Morgan fingerprint density at radius 3 is 2.94 bits per heavy atom. The topological polar surface area (TPSA) is 59.8 Å². The number of pyridine rings is 1. The first-order valence-corrected chi connectivity index (χ1v) is 6.10. The van der Waals surface area contributed by atoms with Gasteiger partial charge in [-0.05, 0) is 25.0 Å². The summed E-state index contributed by atoms with van der Waals surface area (Å²) in [6.07, 6.45) is 8.27. The van der Waals surface area contributed by atoms with Gasteiger partial charge in [-0.1, -0.05) is 0 Å². The molecule has 92 valence electrons. The zero-order valence-corrected chi connectivity index (χ0v) is 9.97. The summed E-state index contributed by atoms with van der Waals surface area (Å²) in [4.78, 5) is 20.3. The van der Waals surface area contributed by atoms with Gasteiger partial charge >= 0.3 is 0 Å². The van der Waals surface area contributed by atoms with Gasteiger partial charge in [-0.25, -0.2) is 4.98 Å². The van der Waals surface area contributed by atoms with E-state index in [9.17, 15) is 4.79 Å². The second kappa shape index (κ2) is 4.60. The van der Waals surface area contributed by atoms with Crippen molar-refractivity contribution in [3.63, 3.8) is 0 Å². The van der Waals surface area contributed by atoms with Gasteiger partial charge in [-0.3, -0.25) is 9.78 Å². The van der Waals surface area contributed by atoms with E-state index in [4.69, 9.17) is 0 Å². The fourth-order valence-corrected chi connectivity index (χ4v) is 2.21. The van der Waals surface area contributed by atoms with Crippen molar-refractivity contribution in [2.45, 2.75) is 25.8 Å². The van der Waals surface area contributed by atoms with E-state index < -0.39 is 0 Å². The van der Waals surface area contributed by atoms with Crippen molar-refractivity contribution >= 4 is 11.7 Å². The Morgan fingerprint density at radius 2 is 2.11 bits per heavy atom. The van der Waals surface area contributed by atoms with Crippen molar-refractivity contribution in [1.82, 2.24) is 14.5 Å². The van der Waals surface area contributed by atoms with E-state index in [1.165, 1.54) is 6.42 Å². The lowest BCUT2D eigenvalue weighted by atomic mass is 10.2. The fraction of sp³-hybridized carbons (Fsp3) is 0.308. The largest absolute Gasteiger partial charge is 0.315 e. The number of nitrogens with zero attached hydrogens (tertiary/aromatic N) is 3. The van der Waals surface area contributed by atoms with E-state index >= 15 is 0 Å². The summed E-state index contributed by atoms with van der Waals surface area (Å²) in [5.74, 6) is 1.73. The lowest BCUT2D eigenvalue weighted by Gasteiger charge is -2.16. The molecule has 0 radical (unpaired) electrons. The summed E-state index contributed by atoms with van der Waals surface area (Å²) < 4.78 is 2.09. The molecule has 1 N–H and O–H groups in total. The highest BCUT2D eigenvalue weighted by atomic mass is 16.1. The molecular weight excluding hydrogens is 228 g/mol. The summed E-state index contributed by atoms with van der Waals surface area (Å²) in [7, 11) is 0. The minimum Gasteiger partial charge on any atom is -0.315 e. The third kappa shape index (κ3) is 1.99. The van der Waals surface area contributed by atoms with E-state index in [0.29, 0.717) is 5.56 Å². The van der Waals surface area contributed by atoms with Crippen molar-refractivity contribution < 1.29 is 4.79 Å². The van der Waals surface area contributed by atoms with Gasteiger partial charge in [-0.2, -0.15) is 0 Å². The zero-order chi connectivity index (χ0) is 12.4. The summed E-state index contributed by atoms with van der Waals surface area (Å²) >= 11 is 0. The molecule has 1 aliphatic rings. The Morgan fingerprint density at radius 1 is 1.28 bits per heavy atom. The third-order valence-electron chi connectivity index (χ3n) is 3.15. The quantitative estimate of drug-likeness (QED) is 0.874. The van der Waals surface area contributed by atoms with Crippen LogP contribution in [-0.2, 0) is 13.0 Å². The highest BCUT2D eigenvalue weighted by Gasteiger charge is 2.15. The van der Waals surface area contributed by atoms with Gasteiger partial charge < -0.3 is 9.88 Å². The van der Waals surface area contributed by atoms with Crippen LogP contribution in [0.2, 0.25) is 0 Å². The summed E-state index contributed by atoms with van der Waals surface area (Å²) in [6.45, 7) is 0.932. The predicted molar refractivity (Wildman–Crippen MR) is 67.4 cm³/mol. The predicted octanol–water partition coefficient (Wildman–Crippen LogP) is 1.87. The molecule has 0 atom stereocenters. The number of hydrogen-bond acceptors (Lipinski definition) is 3. The monoisotopic (exact) mass is 242 g/mol. The van der Waals surface area contributed by atoms with Gasteiger partial charge in [-0.15, -0.1) is 0 Å². The van der Waals surface area contributed by atoms with Crippen molar-refractivity contribution in [2.75, 3.05) is 5.32 Å². The molecule has 0 aliphatic carbocycles. The number of rotatable bonds is 2. The molecule has 2 aromatic rings. The zero-order valence-electron chi connectivity index (χ0n) is 9.97. The van der Waals surface area contributed by atoms with E-state index in [-0.39, 0.29) is 5.91 Å². The number of anilines is 1. The lowest BCUT2D eigenvalue weighted by molar-refractivity contribution is 0.102. The Bertz CT molecular complexity index is 562. The number of fused-ring (bicyclic) bond motifs is 1. The van der Waals surface area contributed by atoms with Crippen molar-refractivity contribution in [3.05, 3.63) is 42.1 Å². The Labute approximate surface area is 105 Å². The van der Waals surface area contributed by atoms with Crippen LogP contribution in [0.4, 0.5) is 5.82 Å². The number of hydrogen-bond donors (Lipinski definition) is 1. The number of aromatic nitrogens is 3. The minimum atomic E-state index is -0.120. The van der Waals surface area contributed by atoms with Gasteiger partial charge in [0.05, 0.1) is 6.20 Å². The number of imidazole rings is 1. The fourth-order valence-electron chi connectivity index (χ4n) is 2.21. The average Bonchev–Trinajstić information content (AvgIpc) is 2.83. The maximum Gasteiger partial charge on any atom is 0.256 e. The highest BCUT2D eigenvalue weighted by molar-refractivity contribution is 6.03. The second-order valence-electron chi connectivity index (χ2n) is 4.36. The van der Waals surface area contributed by atoms with Crippen LogP contribution in [0.15, 0.2) is 30.7 Å². The summed E-state index contributed by atoms with van der Waals surface area (Å²) in [6, 6.07) is 3.39. The minimum absolute atomic E-state index is 0.120. The average molecular weight is 242 g/mol. The van der Waals surface area contributed by atoms with Gasteiger partial charge in [0.1, 0.15) is 11.6 Å². The van der Waals surface area contributed by atoms with E-state index in [1.54, 1.807) is 30.7 Å². The van der Waals surface area contributed by atoms with Crippen molar-refractivity contribution in [3.8, 4) is 0 Å². The molecule has 1 amide bonds. The van der Waals surface area contributed by atoms with E-state index in [2.05, 4.69) is 19.9 Å². The van der Waals surface area contributed by atoms with Crippen LogP contribution < -0.4 is 5.32 Å². The summed E-state index contributed by atoms with van der Waals surface area (Å²) in [5, 5.41) is 2.90. The number of carbonyl (C=O) groups is 1. The van der Waals surface area contributed by atoms with Gasteiger partial charge in [0, 0.05) is 30.9 Å². The molecule has 18 heavy (non-hydrogen) atoms. The first-order chi connectivity index (χ1) is 8.84. The summed E-state index contributed by atoms with van der Waals surface area (Å²) in [5.41, 5.74) is 0.608. The van der Waals surface area contributed by atoms with Crippen LogP contribution in [0.1, 0.15) is 29.0 Å². The first kappa shape index (κ1) is 11.0. The van der Waals surface area contributed by atoms with Gasteiger partial charge in [0.2, 0.25) is 0 Å². The molecule has 0 saturated carbocycles. The second-order valence-corrected chi connectivity index (χ2v) is 4.36. The normalized spacial score (nSPS) is 14.0. The standard InChI is InChI=1S/C13H14N4O/c18-13(10-4-6-14-7-5-10)16-12-9-15-11-3-1-2-8-17(11)12/h4-7,9H,1-3,8H2,(H,16,18). The Kier molecular flexibility index (Phi) is 2.80. The number of carbonyl (C=O) groups excluding carboxylic acids is 1. The van der Waals surface area contributed by atoms with E-state index in [1.807, 2.05) is 0 Å². The van der Waals surface area contributed by atoms with Crippen LogP contribution >= 0.6 is 0 Å². The molecule has 0 saturated heterocycles. The molecule has 0 fully saturated rings. The lowest BCUT2D eigenvalue weighted by Crippen LogP contribution is -2.18.